The van der Waals surface area contributed by atoms with Gasteiger partial charge in [0.15, 0.2) is 0 Å². The van der Waals surface area contributed by atoms with E-state index in [1.807, 2.05) is 11.8 Å². The first-order valence-electron chi connectivity index (χ1n) is 9.74. The van der Waals surface area contributed by atoms with E-state index < -0.39 is 0 Å². The minimum atomic E-state index is 0.720. The van der Waals surface area contributed by atoms with E-state index in [1.165, 1.54) is 80.4 Å². The van der Waals surface area contributed by atoms with Crippen LogP contribution in [0.4, 0.5) is 0 Å². The van der Waals surface area contributed by atoms with Crippen LogP contribution >= 0.6 is 11.8 Å². The first-order valence-corrected chi connectivity index (χ1v) is 10.7. The monoisotopic (exact) mass is 348 g/mol. The molecule has 0 atom stereocenters. The number of methoxy groups -OCH3 is 1. The fourth-order valence-corrected chi connectivity index (χ4v) is 3.83. The summed E-state index contributed by atoms with van der Waals surface area (Å²) >= 11 is 1.95. The molecule has 0 saturated carbocycles. The smallest absolute Gasteiger partial charge is 0.0771 e. The highest BCUT2D eigenvalue weighted by atomic mass is 32.2. The molecule has 0 fully saturated rings. The number of thioether (sulfide) groups is 1. The normalized spacial score (nSPS) is 11.8. The minimum Gasteiger partial charge on any atom is -0.379 e. The third-order valence-corrected chi connectivity index (χ3v) is 5.30. The van der Waals surface area contributed by atoms with E-state index in [9.17, 15) is 0 Å². The van der Waals surface area contributed by atoms with E-state index >= 15 is 0 Å². The predicted molar refractivity (Wildman–Crippen MR) is 111 cm³/mol. The SMILES string of the molecule is CCCCCCCCCCCCS/C(=C\c1ccccc1)COC. The molecule has 0 bridgehead atoms. The molecule has 1 nitrogen and oxygen atoms in total. The number of ether oxygens (including phenoxy) is 1. The van der Waals surface area contributed by atoms with Crippen molar-refractivity contribution in [3.8, 4) is 0 Å². The summed E-state index contributed by atoms with van der Waals surface area (Å²) in [5, 5.41) is 0. The highest BCUT2D eigenvalue weighted by Crippen LogP contribution is 2.21. The summed E-state index contributed by atoms with van der Waals surface area (Å²) in [7, 11) is 1.78. The largest absolute Gasteiger partial charge is 0.379 e. The topological polar surface area (TPSA) is 9.23 Å². The molecule has 136 valence electrons. The zero-order chi connectivity index (χ0) is 17.3. The van der Waals surface area contributed by atoms with Crippen LogP contribution in [0.3, 0.4) is 0 Å². The van der Waals surface area contributed by atoms with E-state index in [1.54, 1.807) is 7.11 Å². The van der Waals surface area contributed by atoms with Gasteiger partial charge in [-0.25, -0.2) is 0 Å². The zero-order valence-electron chi connectivity index (χ0n) is 15.8. The summed E-state index contributed by atoms with van der Waals surface area (Å²) in [6.07, 6.45) is 16.3. The summed E-state index contributed by atoms with van der Waals surface area (Å²) in [5.41, 5.74) is 1.26. The van der Waals surface area contributed by atoms with Crippen molar-refractivity contribution in [1.82, 2.24) is 0 Å². The van der Waals surface area contributed by atoms with Crippen LogP contribution in [0.5, 0.6) is 0 Å². The predicted octanol–water partition coefficient (Wildman–Crippen LogP) is 7.33. The average molecular weight is 349 g/mol. The van der Waals surface area contributed by atoms with Crippen molar-refractivity contribution in [3.05, 3.63) is 40.8 Å². The molecule has 0 heterocycles. The van der Waals surface area contributed by atoms with Gasteiger partial charge >= 0.3 is 0 Å². The van der Waals surface area contributed by atoms with Crippen molar-refractivity contribution >= 4 is 17.8 Å². The van der Waals surface area contributed by atoms with E-state index in [0.717, 1.165) is 6.61 Å². The van der Waals surface area contributed by atoms with Crippen LogP contribution in [-0.4, -0.2) is 19.5 Å². The lowest BCUT2D eigenvalue weighted by atomic mass is 10.1. The van der Waals surface area contributed by atoms with Crippen LogP contribution < -0.4 is 0 Å². The Morgan fingerprint density at radius 2 is 1.46 bits per heavy atom. The van der Waals surface area contributed by atoms with Gasteiger partial charge in [0.25, 0.3) is 0 Å². The molecule has 0 amide bonds. The third kappa shape index (κ3) is 11.8. The highest BCUT2D eigenvalue weighted by molar-refractivity contribution is 8.03. The summed E-state index contributed by atoms with van der Waals surface area (Å²) in [6.45, 7) is 3.00. The maximum atomic E-state index is 5.34. The molecule has 0 spiro atoms. The van der Waals surface area contributed by atoms with Gasteiger partial charge in [0, 0.05) is 12.0 Å². The Balaban J connectivity index is 2.06. The van der Waals surface area contributed by atoms with Crippen molar-refractivity contribution in [2.45, 2.75) is 71.1 Å². The van der Waals surface area contributed by atoms with Gasteiger partial charge < -0.3 is 4.74 Å². The molecule has 24 heavy (non-hydrogen) atoms. The lowest BCUT2D eigenvalue weighted by Crippen LogP contribution is -1.92. The molecule has 2 heteroatoms. The molecule has 0 saturated heterocycles. The van der Waals surface area contributed by atoms with Crippen LogP contribution in [0, 0.1) is 0 Å². The van der Waals surface area contributed by atoms with Gasteiger partial charge in [-0.15, -0.1) is 11.8 Å². The van der Waals surface area contributed by atoms with Crippen molar-refractivity contribution in [3.63, 3.8) is 0 Å². The number of unbranched alkanes of at least 4 members (excludes halogenated alkanes) is 9. The third-order valence-electron chi connectivity index (χ3n) is 4.20. The maximum absolute atomic E-state index is 5.34. The van der Waals surface area contributed by atoms with Gasteiger partial charge in [-0.3, -0.25) is 0 Å². The Morgan fingerprint density at radius 3 is 2.04 bits per heavy atom. The van der Waals surface area contributed by atoms with Crippen LogP contribution in [0.1, 0.15) is 76.7 Å². The fraction of sp³-hybridized carbons (Fsp3) is 0.636. The van der Waals surface area contributed by atoms with Crippen molar-refractivity contribution in [2.75, 3.05) is 19.5 Å². The summed E-state index contributed by atoms with van der Waals surface area (Å²) < 4.78 is 5.34. The van der Waals surface area contributed by atoms with Crippen LogP contribution in [0.2, 0.25) is 0 Å². The molecule has 1 aromatic carbocycles. The number of hydrogen-bond donors (Lipinski definition) is 0. The van der Waals surface area contributed by atoms with Gasteiger partial charge in [-0.2, -0.15) is 0 Å². The van der Waals surface area contributed by atoms with Gasteiger partial charge in [0.05, 0.1) is 6.61 Å². The molecular formula is C22H36OS. The van der Waals surface area contributed by atoms with Gasteiger partial charge in [-0.1, -0.05) is 95.0 Å². The number of benzene rings is 1. The van der Waals surface area contributed by atoms with Gasteiger partial charge in [-0.05, 0) is 23.8 Å². The van der Waals surface area contributed by atoms with Crippen molar-refractivity contribution < 1.29 is 4.74 Å². The first-order chi connectivity index (χ1) is 11.9. The van der Waals surface area contributed by atoms with Gasteiger partial charge in [0.2, 0.25) is 0 Å². The van der Waals surface area contributed by atoms with E-state index in [4.69, 9.17) is 4.74 Å². The summed E-state index contributed by atoms with van der Waals surface area (Å²) in [6, 6.07) is 10.5. The highest BCUT2D eigenvalue weighted by Gasteiger charge is 2.00. The van der Waals surface area contributed by atoms with Gasteiger partial charge in [0.1, 0.15) is 0 Å². The Labute approximate surface area is 154 Å². The standard InChI is InChI=1S/C22H36OS/c1-3-4-5-6-7-8-9-10-11-15-18-24-22(20-23-2)19-21-16-13-12-14-17-21/h12-14,16-17,19H,3-11,15,18,20H2,1-2H3/b22-19-. The maximum Gasteiger partial charge on any atom is 0.0771 e. The average Bonchev–Trinajstić information content (AvgIpc) is 2.60. The zero-order valence-corrected chi connectivity index (χ0v) is 16.6. The Morgan fingerprint density at radius 1 is 0.875 bits per heavy atom. The molecule has 0 radical (unpaired) electrons. The van der Waals surface area contributed by atoms with E-state index in [-0.39, 0.29) is 0 Å². The summed E-state index contributed by atoms with van der Waals surface area (Å²) in [5.74, 6) is 1.21. The second kappa shape index (κ2) is 15.8. The van der Waals surface area contributed by atoms with E-state index in [2.05, 4.69) is 43.3 Å². The lowest BCUT2D eigenvalue weighted by molar-refractivity contribution is 0.232. The Bertz CT molecular complexity index is 413. The minimum absolute atomic E-state index is 0.720. The van der Waals surface area contributed by atoms with Crippen molar-refractivity contribution in [1.29, 1.82) is 0 Å². The fourth-order valence-electron chi connectivity index (χ4n) is 2.80. The van der Waals surface area contributed by atoms with Crippen LogP contribution in [-0.2, 0) is 4.74 Å². The molecule has 0 aliphatic heterocycles. The number of rotatable bonds is 15. The molecule has 0 aliphatic carbocycles. The molecular weight excluding hydrogens is 312 g/mol. The molecule has 0 aromatic heterocycles. The van der Waals surface area contributed by atoms with E-state index in [0.29, 0.717) is 0 Å². The Hall–Kier alpha value is -0.730. The quantitative estimate of drug-likeness (QED) is 0.307. The molecule has 0 N–H and O–H groups in total. The van der Waals surface area contributed by atoms with Crippen molar-refractivity contribution in [2.24, 2.45) is 0 Å². The molecule has 0 unspecified atom stereocenters. The molecule has 1 rings (SSSR count). The summed E-state index contributed by atoms with van der Waals surface area (Å²) in [4.78, 5) is 1.33. The Kier molecular flexibility index (Phi) is 14.0. The molecule has 0 aliphatic rings. The second-order valence-electron chi connectivity index (χ2n) is 6.48. The second-order valence-corrected chi connectivity index (χ2v) is 7.71. The first kappa shape index (κ1) is 21.3. The number of hydrogen-bond acceptors (Lipinski definition) is 2. The molecule has 1 aromatic rings. The van der Waals surface area contributed by atoms with Crippen LogP contribution in [0.15, 0.2) is 35.2 Å². The van der Waals surface area contributed by atoms with Crippen LogP contribution in [0.25, 0.3) is 6.08 Å². The lowest BCUT2D eigenvalue weighted by Gasteiger charge is -2.07.